The lowest BCUT2D eigenvalue weighted by molar-refractivity contribution is 0.170. The van der Waals surface area contributed by atoms with Crippen LogP contribution >= 0.6 is 0 Å². The SMILES string of the molecule is Cc1ccc(CN)cc1S(=O)(=O)N1CCN(C)CC1C. The van der Waals surface area contributed by atoms with Gasteiger partial charge >= 0.3 is 0 Å². The van der Waals surface area contributed by atoms with Crippen LogP contribution in [0.25, 0.3) is 0 Å². The Labute approximate surface area is 121 Å². The van der Waals surface area contributed by atoms with Crippen molar-refractivity contribution in [3.63, 3.8) is 0 Å². The van der Waals surface area contributed by atoms with Gasteiger partial charge in [0.25, 0.3) is 0 Å². The third-order valence-electron chi connectivity index (χ3n) is 3.84. The van der Waals surface area contributed by atoms with Gasteiger partial charge in [0.2, 0.25) is 10.0 Å². The van der Waals surface area contributed by atoms with Crippen molar-refractivity contribution in [1.82, 2.24) is 9.21 Å². The summed E-state index contributed by atoms with van der Waals surface area (Å²) in [5, 5.41) is 0. The van der Waals surface area contributed by atoms with Crippen molar-refractivity contribution in [3.05, 3.63) is 29.3 Å². The molecule has 0 aromatic heterocycles. The monoisotopic (exact) mass is 297 g/mol. The molecule has 1 atom stereocenters. The first-order valence-corrected chi connectivity index (χ1v) is 8.30. The zero-order valence-electron chi connectivity index (χ0n) is 12.3. The maximum absolute atomic E-state index is 12.9. The second-order valence-corrected chi connectivity index (χ2v) is 7.39. The fourth-order valence-electron chi connectivity index (χ4n) is 2.66. The minimum Gasteiger partial charge on any atom is -0.326 e. The Morgan fingerprint density at radius 1 is 1.35 bits per heavy atom. The van der Waals surface area contributed by atoms with Crippen LogP contribution in [0.1, 0.15) is 18.1 Å². The molecule has 0 amide bonds. The molecule has 0 radical (unpaired) electrons. The van der Waals surface area contributed by atoms with Gasteiger partial charge in [-0.1, -0.05) is 12.1 Å². The molecule has 1 aromatic rings. The molecule has 1 fully saturated rings. The zero-order valence-corrected chi connectivity index (χ0v) is 13.2. The van der Waals surface area contributed by atoms with Crippen LogP contribution in [0, 0.1) is 6.92 Å². The van der Waals surface area contributed by atoms with Crippen LogP contribution < -0.4 is 5.73 Å². The average molecular weight is 297 g/mol. The summed E-state index contributed by atoms with van der Waals surface area (Å²) in [6, 6.07) is 5.40. The van der Waals surface area contributed by atoms with E-state index in [1.54, 1.807) is 10.4 Å². The largest absolute Gasteiger partial charge is 0.326 e. The van der Waals surface area contributed by atoms with Gasteiger partial charge in [0.1, 0.15) is 0 Å². The lowest BCUT2D eigenvalue weighted by Crippen LogP contribution is -2.52. The van der Waals surface area contributed by atoms with E-state index in [-0.39, 0.29) is 6.04 Å². The van der Waals surface area contributed by atoms with Crippen LogP contribution in [0.15, 0.2) is 23.1 Å². The summed E-state index contributed by atoms with van der Waals surface area (Å²) in [6.45, 7) is 6.19. The molecule has 20 heavy (non-hydrogen) atoms. The van der Waals surface area contributed by atoms with E-state index in [0.29, 0.717) is 18.0 Å². The van der Waals surface area contributed by atoms with Crippen molar-refractivity contribution < 1.29 is 8.42 Å². The van der Waals surface area contributed by atoms with Crippen LogP contribution in [-0.2, 0) is 16.6 Å². The summed E-state index contributed by atoms with van der Waals surface area (Å²) in [4.78, 5) is 2.54. The summed E-state index contributed by atoms with van der Waals surface area (Å²) in [5.41, 5.74) is 7.24. The van der Waals surface area contributed by atoms with Gasteiger partial charge in [-0.2, -0.15) is 4.31 Å². The summed E-state index contributed by atoms with van der Waals surface area (Å²) in [5.74, 6) is 0. The number of aryl methyl sites for hydroxylation is 1. The average Bonchev–Trinajstić information content (AvgIpc) is 2.38. The first kappa shape index (κ1) is 15.4. The smallest absolute Gasteiger partial charge is 0.243 e. The van der Waals surface area contributed by atoms with Crippen LogP contribution in [0.3, 0.4) is 0 Å². The van der Waals surface area contributed by atoms with Gasteiger partial charge in [-0.15, -0.1) is 0 Å². The number of sulfonamides is 1. The highest BCUT2D eigenvalue weighted by molar-refractivity contribution is 7.89. The van der Waals surface area contributed by atoms with Crippen molar-refractivity contribution in [2.45, 2.75) is 31.3 Å². The Morgan fingerprint density at radius 3 is 2.65 bits per heavy atom. The summed E-state index contributed by atoms with van der Waals surface area (Å²) >= 11 is 0. The van der Waals surface area contributed by atoms with Crippen LogP contribution in [0.2, 0.25) is 0 Å². The molecule has 1 unspecified atom stereocenters. The number of nitrogens with zero attached hydrogens (tertiary/aromatic N) is 2. The Hall–Kier alpha value is -0.950. The minimum atomic E-state index is -3.45. The van der Waals surface area contributed by atoms with Crippen LogP contribution in [-0.4, -0.2) is 50.3 Å². The summed E-state index contributed by atoms with van der Waals surface area (Å²) in [7, 11) is -1.43. The Morgan fingerprint density at radius 2 is 2.05 bits per heavy atom. The van der Waals surface area contributed by atoms with Gasteiger partial charge in [0, 0.05) is 32.2 Å². The molecule has 1 aliphatic rings. The maximum atomic E-state index is 12.9. The van der Waals surface area contributed by atoms with E-state index in [0.717, 1.165) is 24.2 Å². The highest BCUT2D eigenvalue weighted by atomic mass is 32.2. The van der Waals surface area contributed by atoms with Crippen LogP contribution in [0.5, 0.6) is 0 Å². The molecule has 2 rings (SSSR count). The molecule has 1 saturated heterocycles. The predicted molar refractivity (Wildman–Crippen MR) is 79.9 cm³/mol. The highest BCUT2D eigenvalue weighted by Gasteiger charge is 2.33. The fraction of sp³-hybridized carbons (Fsp3) is 0.571. The quantitative estimate of drug-likeness (QED) is 0.895. The number of rotatable bonds is 3. The molecule has 6 heteroatoms. The fourth-order valence-corrected chi connectivity index (χ4v) is 4.55. The molecule has 0 saturated carbocycles. The van der Waals surface area contributed by atoms with Crippen molar-refractivity contribution >= 4 is 10.0 Å². The van der Waals surface area contributed by atoms with Crippen LogP contribution in [0.4, 0.5) is 0 Å². The van der Waals surface area contributed by atoms with Gasteiger partial charge in [0.05, 0.1) is 4.90 Å². The van der Waals surface area contributed by atoms with Gasteiger partial charge in [0.15, 0.2) is 0 Å². The third kappa shape index (κ3) is 2.88. The first-order chi connectivity index (χ1) is 9.36. The van der Waals surface area contributed by atoms with Gasteiger partial charge in [-0.3, -0.25) is 0 Å². The lowest BCUT2D eigenvalue weighted by Gasteiger charge is -2.37. The van der Waals surface area contributed by atoms with E-state index >= 15 is 0 Å². The van der Waals surface area contributed by atoms with E-state index < -0.39 is 10.0 Å². The molecule has 1 aliphatic heterocycles. The first-order valence-electron chi connectivity index (χ1n) is 6.86. The van der Waals surface area contributed by atoms with E-state index in [1.165, 1.54) is 0 Å². The summed E-state index contributed by atoms with van der Waals surface area (Å²) < 4.78 is 27.3. The van der Waals surface area contributed by atoms with E-state index in [2.05, 4.69) is 4.90 Å². The molecule has 112 valence electrons. The van der Waals surface area contributed by atoms with E-state index in [1.807, 2.05) is 33.0 Å². The number of hydrogen-bond donors (Lipinski definition) is 1. The molecule has 0 spiro atoms. The Balaban J connectivity index is 2.40. The number of piperazine rings is 1. The van der Waals surface area contributed by atoms with Crippen molar-refractivity contribution in [2.24, 2.45) is 5.73 Å². The highest BCUT2D eigenvalue weighted by Crippen LogP contribution is 2.24. The van der Waals surface area contributed by atoms with Crippen molar-refractivity contribution in [2.75, 3.05) is 26.7 Å². The molecule has 0 bridgehead atoms. The molecule has 1 aromatic carbocycles. The van der Waals surface area contributed by atoms with E-state index in [4.69, 9.17) is 5.73 Å². The van der Waals surface area contributed by atoms with E-state index in [9.17, 15) is 8.42 Å². The van der Waals surface area contributed by atoms with Gasteiger partial charge < -0.3 is 10.6 Å². The van der Waals surface area contributed by atoms with Crippen molar-refractivity contribution in [1.29, 1.82) is 0 Å². The molecule has 1 heterocycles. The molecule has 0 aliphatic carbocycles. The maximum Gasteiger partial charge on any atom is 0.243 e. The standard InChI is InChI=1S/C14H23N3O2S/c1-11-4-5-13(9-15)8-14(11)20(18,19)17-7-6-16(3)10-12(17)2/h4-5,8,12H,6-7,9-10,15H2,1-3H3. The molecular formula is C14H23N3O2S. The second kappa shape index (κ2) is 5.81. The van der Waals surface area contributed by atoms with Crippen molar-refractivity contribution in [3.8, 4) is 0 Å². The molecule has 2 N–H and O–H groups in total. The third-order valence-corrected chi connectivity index (χ3v) is 6.00. The lowest BCUT2D eigenvalue weighted by atomic mass is 10.1. The Kier molecular flexibility index (Phi) is 4.49. The second-order valence-electron chi connectivity index (χ2n) is 5.53. The number of likely N-dealkylation sites (N-methyl/N-ethyl adjacent to an activating group) is 1. The number of benzene rings is 1. The topological polar surface area (TPSA) is 66.6 Å². The summed E-state index contributed by atoms with van der Waals surface area (Å²) in [6.07, 6.45) is 0. The predicted octanol–water partition coefficient (Wildman–Crippen LogP) is 0.778. The number of hydrogen-bond acceptors (Lipinski definition) is 4. The minimum absolute atomic E-state index is 0.0142. The Bertz CT molecular complexity index is 586. The van der Waals surface area contributed by atoms with Gasteiger partial charge in [-0.25, -0.2) is 8.42 Å². The number of nitrogens with two attached hydrogens (primary N) is 1. The zero-order chi connectivity index (χ0) is 14.9. The normalized spacial score (nSPS) is 22.1. The molecule has 5 nitrogen and oxygen atoms in total. The molecular weight excluding hydrogens is 274 g/mol. The van der Waals surface area contributed by atoms with Gasteiger partial charge in [-0.05, 0) is 38.1 Å².